The van der Waals surface area contributed by atoms with Crippen LogP contribution >= 0.6 is 0 Å². The molecular formula is C18H17N3O. The average molecular weight is 291 g/mol. The molecule has 1 heterocycles. The van der Waals surface area contributed by atoms with Gasteiger partial charge in [0.15, 0.2) is 5.82 Å². The Labute approximate surface area is 129 Å². The summed E-state index contributed by atoms with van der Waals surface area (Å²) < 4.78 is 1.74. The van der Waals surface area contributed by atoms with E-state index in [4.69, 9.17) is 0 Å². The van der Waals surface area contributed by atoms with Crippen molar-refractivity contribution in [1.82, 2.24) is 9.78 Å². The van der Waals surface area contributed by atoms with Gasteiger partial charge >= 0.3 is 0 Å². The van der Waals surface area contributed by atoms with Crippen LogP contribution in [0.3, 0.4) is 0 Å². The van der Waals surface area contributed by atoms with Gasteiger partial charge in [0, 0.05) is 12.3 Å². The van der Waals surface area contributed by atoms with Gasteiger partial charge in [0.2, 0.25) is 5.91 Å². The van der Waals surface area contributed by atoms with Crippen LogP contribution < -0.4 is 5.32 Å². The molecular weight excluding hydrogens is 274 g/mol. The zero-order valence-corrected chi connectivity index (χ0v) is 12.4. The van der Waals surface area contributed by atoms with Crippen molar-refractivity contribution in [1.29, 1.82) is 0 Å². The summed E-state index contributed by atoms with van der Waals surface area (Å²) in [5.41, 5.74) is 3.11. The minimum absolute atomic E-state index is 0.0658. The molecule has 0 fully saturated rings. The smallest absolute Gasteiger partial charge is 0.229 e. The third kappa shape index (κ3) is 3.41. The van der Waals surface area contributed by atoms with Gasteiger partial charge in [-0.25, -0.2) is 4.68 Å². The minimum atomic E-state index is -0.0658. The molecule has 4 nitrogen and oxygen atoms in total. The number of nitrogens with zero attached hydrogens (tertiary/aromatic N) is 2. The van der Waals surface area contributed by atoms with Crippen molar-refractivity contribution in [3.63, 3.8) is 0 Å². The van der Waals surface area contributed by atoms with Crippen LogP contribution in [0.1, 0.15) is 11.1 Å². The molecule has 0 atom stereocenters. The number of aryl methyl sites for hydroxylation is 1. The number of rotatable bonds is 4. The lowest BCUT2D eigenvalue weighted by molar-refractivity contribution is -0.115. The topological polar surface area (TPSA) is 46.9 Å². The number of benzene rings is 2. The van der Waals surface area contributed by atoms with E-state index in [1.807, 2.05) is 67.7 Å². The molecule has 0 bridgehead atoms. The highest BCUT2D eigenvalue weighted by Crippen LogP contribution is 2.11. The zero-order valence-electron chi connectivity index (χ0n) is 12.4. The molecule has 0 radical (unpaired) electrons. The van der Waals surface area contributed by atoms with Crippen molar-refractivity contribution in [3.8, 4) is 5.69 Å². The summed E-state index contributed by atoms with van der Waals surface area (Å²) in [6.07, 6.45) is 2.18. The lowest BCUT2D eigenvalue weighted by Gasteiger charge is -2.04. The summed E-state index contributed by atoms with van der Waals surface area (Å²) in [5.74, 6) is 0.491. The predicted octanol–water partition coefficient (Wildman–Crippen LogP) is 3.36. The Morgan fingerprint density at radius 1 is 1.09 bits per heavy atom. The van der Waals surface area contributed by atoms with E-state index in [0.717, 1.165) is 16.8 Å². The molecule has 1 aromatic heterocycles. The van der Waals surface area contributed by atoms with Crippen molar-refractivity contribution in [2.45, 2.75) is 13.3 Å². The third-order valence-corrected chi connectivity index (χ3v) is 3.32. The maximum absolute atomic E-state index is 12.1. The average Bonchev–Trinajstić information content (AvgIpc) is 2.96. The highest BCUT2D eigenvalue weighted by atomic mass is 16.1. The predicted molar refractivity (Wildman–Crippen MR) is 87.1 cm³/mol. The third-order valence-electron chi connectivity index (χ3n) is 3.32. The molecule has 0 saturated heterocycles. The molecule has 110 valence electrons. The van der Waals surface area contributed by atoms with Crippen LogP contribution in [0, 0.1) is 6.92 Å². The Morgan fingerprint density at radius 3 is 2.68 bits per heavy atom. The van der Waals surface area contributed by atoms with Crippen LogP contribution in [-0.4, -0.2) is 15.7 Å². The fraction of sp³-hybridized carbons (Fsp3) is 0.111. The molecule has 1 N–H and O–H groups in total. The summed E-state index contributed by atoms with van der Waals surface area (Å²) >= 11 is 0. The van der Waals surface area contributed by atoms with Gasteiger partial charge in [-0.1, -0.05) is 48.0 Å². The first-order valence-corrected chi connectivity index (χ1v) is 7.17. The summed E-state index contributed by atoms with van der Waals surface area (Å²) in [7, 11) is 0. The Kier molecular flexibility index (Phi) is 4.01. The first-order valence-electron chi connectivity index (χ1n) is 7.17. The first kappa shape index (κ1) is 14.1. The van der Waals surface area contributed by atoms with Crippen molar-refractivity contribution in [2.24, 2.45) is 0 Å². The number of hydrogen-bond acceptors (Lipinski definition) is 2. The second kappa shape index (κ2) is 6.26. The largest absolute Gasteiger partial charge is 0.309 e. The quantitative estimate of drug-likeness (QED) is 0.801. The number of nitrogens with one attached hydrogen (secondary N) is 1. The molecule has 0 spiro atoms. The molecule has 0 aliphatic heterocycles. The molecule has 22 heavy (non-hydrogen) atoms. The van der Waals surface area contributed by atoms with Crippen LogP contribution in [0.5, 0.6) is 0 Å². The van der Waals surface area contributed by atoms with E-state index in [0.29, 0.717) is 12.2 Å². The molecule has 0 unspecified atom stereocenters. The number of para-hydroxylation sites is 1. The standard InChI is InChI=1S/C18H17N3O/c1-14-6-5-7-15(12-14)13-18(22)19-17-10-11-21(20-17)16-8-3-2-4-9-16/h2-12H,13H2,1H3,(H,19,20,22). The Morgan fingerprint density at radius 2 is 1.91 bits per heavy atom. The van der Waals surface area contributed by atoms with Crippen molar-refractivity contribution < 1.29 is 4.79 Å². The van der Waals surface area contributed by atoms with Gasteiger partial charge in [0.05, 0.1) is 12.1 Å². The van der Waals surface area contributed by atoms with E-state index >= 15 is 0 Å². The lowest BCUT2D eigenvalue weighted by Crippen LogP contribution is -2.15. The van der Waals surface area contributed by atoms with Crippen LogP contribution in [0.4, 0.5) is 5.82 Å². The summed E-state index contributed by atoms with van der Waals surface area (Å²) in [6.45, 7) is 2.02. The number of anilines is 1. The molecule has 1 amide bonds. The number of carbonyl (C=O) groups is 1. The van der Waals surface area contributed by atoms with Gasteiger partial charge in [-0.2, -0.15) is 5.10 Å². The highest BCUT2D eigenvalue weighted by molar-refractivity contribution is 5.91. The van der Waals surface area contributed by atoms with Gasteiger partial charge < -0.3 is 5.32 Å². The monoisotopic (exact) mass is 291 g/mol. The number of hydrogen-bond donors (Lipinski definition) is 1. The van der Waals surface area contributed by atoms with Crippen molar-refractivity contribution >= 4 is 11.7 Å². The van der Waals surface area contributed by atoms with Crippen molar-refractivity contribution in [2.75, 3.05) is 5.32 Å². The van der Waals surface area contributed by atoms with Crippen LogP contribution in [0.25, 0.3) is 5.69 Å². The van der Waals surface area contributed by atoms with Gasteiger partial charge in [-0.05, 0) is 24.6 Å². The maximum atomic E-state index is 12.1. The van der Waals surface area contributed by atoms with E-state index in [1.165, 1.54) is 0 Å². The Balaban J connectivity index is 1.66. The summed E-state index contributed by atoms with van der Waals surface area (Å²) in [4.78, 5) is 12.1. The molecule has 3 rings (SSSR count). The van der Waals surface area contributed by atoms with Gasteiger partial charge in [0.25, 0.3) is 0 Å². The fourth-order valence-corrected chi connectivity index (χ4v) is 2.31. The van der Waals surface area contributed by atoms with Gasteiger partial charge in [-0.15, -0.1) is 0 Å². The van der Waals surface area contributed by atoms with E-state index in [9.17, 15) is 4.79 Å². The molecule has 2 aromatic carbocycles. The second-order valence-corrected chi connectivity index (χ2v) is 5.20. The van der Waals surface area contributed by atoms with E-state index in [-0.39, 0.29) is 5.91 Å². The molecule has 0 aliphatic rings. The first-order chi connectivity index (χ1) is 10.7. The van der Waals surface area contributed by atoms with Gasteiger partial charge in [-0.3, -0.25) is 4.79 Å². The van der Waals surface area contributed by atoms with Gasteiger partial charge in [0.1, 0.15) is 0 Å². The normalized spacial score (nSPS) is 10.4. The molecule has 0 aliphatic carbocycles. The SMILES string of the molecule is Cc1cccc(CC(=O)Nc2ccn(-c3ccccc3)n2)c1. The summed E-state index contributed by atoms with van der Waals surface area (Å²) in [5, 5.41) is 7.19. The highest BCUT2D eigenvalue weighted by Gasteiger charge is 2.07. The molecule has 4 heteroatoms. The Hall–Kier alpha value is -2.88. The number of aromatic nitrogens is 2. The molecule has 3 aromatic rings. The van der Waals surface area contributed by atoms with E-state index in [1.54, 1.807) is 10.7 Å². The maximum Gasteiger partial charge on any atom is 0.229 e. The zero-order chi connectivity index (χ0) is 15.4. The number of amides is 1. The minimum Gasteiger partial charge on any atom is -0.309 e. The van der Waals surface area contributed by atoms with E-state index < -0.39 is 0 Å². The van der Waals surface area contributed by atoms with E-state index in [2.05, 4.69) is 10.4 Å². The van der Waals surface area contributed by atoms with Crippen molar-refractivity contribution in [3.05, 3.63) is 78.0 Å². The number of carbonyl (C=O) groups excluding carboxylic acids is 1. The van der Waals surface area contributed by atoms with Crippen LogP contribution in [-0.2, 0) is 11.2 Å². The summed E-state index contributed by atoms with van der Waals surface area (Å²) in [6, 6.07) is 19.5. The van der Waals surface area contributed by atoms with Crippen LogP contribution in [0.15, 0.2) is 66.9 Å². The second-order valence-electron chi connectivity index (χ2n) is 5.20. The lowest BCUT2D eigenvalue weighted by atomic mass is 10.1. The fourth-order valence-electron chi connectivity index (χ4n) is 2.31. The molecule has 0 saturated carbocycles. The Bertz CT molecular complexity index is 778. The van der Waals surface area contributed by atoms with Crippen LogP contribution in [0.2, 0.25) is 0 Å².